The van der Waals surface area contributed by atoms with Crippen molar-refractivity contribution in [2.24, 2.45) is 5.73 Å². The van der Waals surface area contributed by atoms with E-state index in [1.54, 1.807) is 11.8 Å². The lowest BCUT2D eigenvalue weighted by Crippen LogP contribution is -1.93. The first kappa shape index (κ1) is 15.4. The largest absolute Gasteiger partial charge is 0.399 e. The van der Waals surface area contributed by atoms with Crippen molar-refractivity contribution in [1.29, 1.82) is 0 Å². The molecule has 0 bridgehead atoms. The molecule has 0 atom stereocenters. The molecule has 4 heteroatoms. The first-order valence-corrected chi connectivity index (χ1v) is 7.06. The molecule has 0 saturated heterocycles. The fourth-order valence-corrected chi connectivity index (χ4v) is 2.02. The minimum absolute atomic E-state index is 0.789. The zero-order chi connectivity index (χ0) is 14.1. The number of rotatable bonds is 3. The smallest absolute Gasteiger partial charge is 0.0314 e. The molecule has 0 unspecified atom stereocenters. The van der Waals surface area contributed by atoms with E-state index in [-0.39, 0.29) is 0 Å². The molecule has 2 aromatic rings. The SMILES string of the molecule is CCCN.Nc1ccc(Sc2ccc(N)cc2)cc1. The Labute approximate surface area is 119 Å². The van der Waals surface area contributed by atoms with Gasteiger partial charge in [0.2, 0.25) is 0 Å². The average Bonchev–Trinajstić information content (AvgIpc) is 2.44. The molecule has 102 valence electrons. The lowest BCUT2D eigenvalue weighted by molar-refractivity contribution is 0.932. The predicted octanol–water partition coefficient (Wildman–Crippen LogP) is 3.36. The van der Waals surface area contributed by atoms with Crippen molar-refractivity contribution < 1.29 is 0 Å². The zero-order valence-electron chi connectivity index (χ0n) is 11.2. The van der Waals surface area contributed by atoms with E-state index in [0.717, 1.165) is 24.3 Å². The van der Waals surface area contributed by atoms with Gasteiger partial charge in [-0.3, -0.25) is 0 Å². The van der Waals surface area contributed by atoms with Gasteiger partial charge in [-0.2, -0.15) is 0 Å². The topological polar surface area (TPSA) is 78.1 Å². The molecule has 0 spiro atoms. The van der Waals surface area contributed by atoms with E-state index in [0.29, 0.717) is 0 Å². The van der Waals surface area contributed by atoms with Crippen LogP contribution in [0.2, 0.25) is 0 Å². The molecule has 0 aromatic heterocycles. The van der Waals surface area contributed by atoms with E-state index in [1.807, 2.05) is 48.5 Å². The summed E-state index contributed by atoms with van der Waals surface area (Å²) in [6, 6.07) is 15.7. The van der Waals surface area contributed by atoms with Crippen LogP contribution in [0.3, 0.4) is 0 Å². The van der Waals surface area contributed by atoms with Crippen molar-refractivity contribution in [2.45, 2.75) is 23.1 Å². The maximum Gasteiger partial charge on any atom is 0.0314 e. The van der Waals surface area contributed by atoms with Crippen LogP contribution < -0.4 is 17.2 Å². The molecule has 2 rings (SSSR count). The standard InChI is InChI=1S/C12H12N2S.C3H9N/c13-9-1-5-11(6-2-9)15-12-7-3-10(14)4-8-12;1-2-3-4/h1-8H,13-14H2;2-4H2,1H3. The minimum Gasteiger partial charge on any atom is -0.399 e. The molecular formula is C15H21N3S. The van der Waals surface area contributed by atoms with Crippen LogP contribution in [-0.4, -0.2) is 6.54 Å². The Kier molecular flexibility index (Phi) is 6.85. The quantitative estimate of drug-likeness (QED) is 0.751. The monoisotopic (exact) mass is 275 g/mol. The fourth-order valence-electron chi connectivity index (χ4n) is 1.21. The van der Waals surface area contributed by atoms with Crippen LogP contribution in [0, 0.1) is 0 Å². The zero-order valence-corrected chi connectivity index (χ0v) is 12.0. The maximum atomic E-state index is 5.61. The number of nitrogen functional groups attached to an aromatic ring is 2. The van der Waals surface area contributed by atoms with Crippen molar-refractivity contribution in [3.63, 3.8) is 0 Å². The van der Waals surface area contributed by atoms with Crippen molar-refractivity contribution in [2.75, 3.05) is 18.0 Å². The van der Waals surface area contributed by atoms with Gasteiger partial charge in [0.1, 0.15) is 0 Å². The first-order chi connectivity index (χ1) is 9.15. The lowest BCUT2D eigenvalue weighted by atomic mass is 10.3. The first-order valence-electron chi connectivity index (χ1n) is 6.24. The van der Waals surface area contributed by atoms with E-state index in [1.165, 1.54) is 9.79 Å². The number of nitrogens with two attached hydrogens (primary N) is 3. The summed E-state index contributed by atoms with van der Waals surface area (Å²) in [6.45, 7) is 2.88. The second-order valence-electron chi connectivity index (χ2n) is 4.03. The summed E-state index contributed by atoms with van der Waals surface area (Å²) in [6.07, 6.45) is 1.10. The van der Waals surface area contributed by atoms with E-state index in [4.69, 9.17) is 17.2 Å². The van der Waals surface area contributed by atoms with Gasteiger partial charge in [0, 0.05) is 21.2 Å². The molecule has 0 saturated carbocycles. The van der Waals surface area contributed by atoms with Gasteiger partial charge in [0.15, 0.2) is 0 Å². The van der Waals surface area contributed by atoms with Crippen LogP contribution in [0.15, 0.2) is 58.3 Å². The minimum atomic E-state index is 0.789. The van der Waals surface area contributed by atoms with Gasteiger partial charge in [-0.15, -0.1) is 0 Å². The van der Waals surface area contributed by atoms with E-state index < -0.39 is 0 Å². The third-order valence-corrected chi connectivity index (χ3v) is 3.30. The van der Waals surface area contributed by atoms with Gasteiger partial charge in [-0.1, -0.05) is 18.7 Å². The van der Waals surface area contributed by atoms with Crippen LogP contribution in [0.5, 0.6) is 0 Å². The summed E-state index contributed by atoms with van der Waals surface area (Å²) >= 11 is 1.69. The second-order valence-corrected chi connectivity index (χ2v) is 5.18. The van der Waals surface area contributed by atoms with Crippen molar-refractivity contribution in [1.82, 2.24) is 0 Å². The Hall–Kier alpha value is -1.65. The highest BCUT2D eigenvalue weighted by atomic mass is 32.2. The molecule has 0 aliphatic carbocycles. The Balaban J connectivity index is 0.000000399. The van der Waals surface area contributed by atoms with Gasteiger partial charge < -0.3 is 17.2 Å². The average molecular weight is 275 g/mol. The van der Waals surface area contributed by atoms with Crippen molar-refractivity contribution >= 4 is 23.1 Å². The molecule has 0 aliphatic heterocycles. The molecule has 0 fully saturated rings. The Morgan fingerprint density at radius 3 is 1.37 bits per heavy atom. The Morgan fingerprint density at radius 1 is 0.789 bits per heavy atom. The molecule has 6 N–H and O–H groups in total. The number of benzene rings is 2. The molecule has 0 radical (unpaired) electrons. The van der Waals surface area contributed by atoms with E-state index in [2.05, 4.69) is 6.92 Å². The van der Waals surface area contributed by atoms with E-state index >= 15 is 0 Å². The van der Waals surface area contributed by atoms with Gasteiger partial charge in [-0.05, 0) is 61.5 Å². The molecule has 3 nitrogen and oxygen atoms in total. The fraction of sp³-hybridized carbons (Fsp3) is 0.200. The van der Waals surface area contributed by atoms with Crippen LogP contribution in [0.1, 0.15) is 13.3 Å². The highest BCUT2D eigenvalue weighted by Gasteiger charge is 1.96. The highest BCUT2D eigenvalue weighted by molar-refractivity contribution is 7.99. The predicted molar refractivity (Wildman–Crippen MR) is 85.2 cm³/mol. The van der Waals surface area contributed by atoms with Crippen LogP contribution in [0.25, 0.3) is 0 Å². The summed E-state index contributed by atoms with van der Waals surface area (Å²) in [5.41, 5.74) is 17.8. The number of hydrogen-bond acceptors (Lipinski definition) is 4. The van der Waals surface area contributed by atoms with Crippen LogP contribution in [0.4, 0.5) is 11.4 Å². The highest BCUT2D eigenvalue weighted by Crippen LogP contribution is 2.28. The summed E-state index contributed by atoms with van der Waals surface area (Å²) < 4.78 is 0. The number of anilines is 2. The normalized spacial score (nSPS) is 9.58. The molecule has 0 amide bonds. The Bertz CT molecular complexity index is 420. The van der Waals surface area contributed by atoms with Gasteiger partial charge in [-0.25, -0.2) is 0 Å². The molecule has 2 aromatic carbocycles. The van der Waals surface area contributed by atoms with Crippen molar-refractivity contribution in [3.8, 4) is 0 Å². The second kappa shape index (κ2) is 8.45. The van der Waals surface area contributed by atoms with E-state index in [9.17, 15) is 0 Å². The van der Waals surface area contributed by atoms with Crippen LogP contribution in [-0.2, 0) is 0 Å². The van der Waals surface area contributed by atoms with Gasteiger partial charge in [0.25, 0.3) is 0 Å². The van der Waals surface area contributed by atoms with Crippen molar-refractivity contribution in [3.05, 3.63) is 48.5 Å². The van der Waals surface area contributed by atoms with Gasteiger partial charge in [0.05, 0.1) is 0 Å². The summed E-state index contributed by atoms with van der Waals surface area (Å²) in [5, 5.41) is 0. The van der Waals surface area contributed by atoms with Crippen LogP contribution >= 0.6 is 11.8 Å². The molecular weight excluding hydrogens is 254 g/mol. The molecule has 0 aliphatic rings. The lowest BCUT2D eigenvalue weighted by Gasteiger charge is -2.02. The summed E-state index contributed by atoms with van der Waals surface area (Å²) in [5.74, 6) is 0. The maximum absolute atomic E-state index is 5.61. The summed E-state index contributed by atoms with van der Waals surface area (Å²) in [7, 11) is 0. The molecule has 0 heterocycles. The number of hydrogen-bond donors (Lipinski definition) is 3. The third kappa shape index (κ3) is 6.18. The Morgan fingerprint density at radius 2 is 1.11 bits per heavy atom. The molecule has 19 heavy (non-hydrogen) atoms. The summed E-state index contributed by atoms with van der Waals surface area (Å²) in [4.78, 5) is 2.35. The third-order valence-electron chi connectivity index (χ3n) is 2.28. The van der Waals surface area contributed by atoms with Gasteiger partial charge >= 0.3 is 0 Å².